The molecule has 0 rings (SSSR count). The van der Waals surface area contributed by atoms with Crippen LogP contribution in [-0.2, 0) is 65.4 Å². The van der Waals surface area contributed by atoms with Crippen LogP contribution in [-0.4, -0.2) is 96.7 Å². The molecular formula is C84H164O17P2. The number of rotatable bonds is 81. The molecular weight excluding hydrogens is 1340 g/mol. The molecule has 0 aromatic heterocycles. The van der Waals surface area contributed by atoms with Gasteiger partial charge in [-0.05, 0) is 49.4 Å². The molecule has 17 nitrogen and oxygen atoms in total. The number of aliphatic hydroxyl groups is 1. The zero-order chi connectivity index (χ0) is 76.0. The van der Waals surface area contributed by atoms with Crippen LogP contribution in [0.25, 0.3) is 0 Å². The smallest absolute Gasteiger partial charge is 0.462 e. The highest BCUT2D eigenvalue weighted by Gasteiger charge is 2.30. The number of ether oxygens (including phenoxy) is 4. The maximum absolute atomic E-state index is 13.1. The van der Waals surface area contributed by atoms with E-state index in [1.54, 1.807) is 0 Å². The fraction of sp³-hybridized carbons (Fsp3) is 0.952. The minimum atomic E-state index is -4.97. The third-order valence-electron chi connectivity index (χ3n) is 20.3. The number of hydrogen-bond donors (Lipinski definition) is 3. The standard InChI is InChI=1S/C84H164O17P2/c1-9-76(7)62-54-46-38-32-26-20-15-17-23-29-35-41-51-59-67-84(89)101-80(71-95-82(87)65-57-49-43-42-47-55-63-77(8)10-2)73-99-103(92,93)97-69-78(85)68-96-102(90,91)98-72-79(70-94-81(86)64-56-48-39-33-27-21-16-14-19-25-31-37-45-53-61-75(5)6)100-83(88)66-58-50-40-34-28-22-13-11-12-18-24-30-36-44-52-60-74(3)4/h74-80,85H,9-73H2,1-8H3,(H,90,91)(H,92,93)/t76?,77?,78-,79-,80-/m1/s1. The molecule has 4 unspecified atom stereocenters. The van der Waals surface area contributed by atoms with E-state index in [9.17, 15) is 43.2 Å². The summed E-state index contributed by atoms with van der Waals surface area (Å²) in [6.45, 7) is 14.3. The summed E-state index contributed by atoms with van der Waals surface area (Å²) in [7, 11) is -9.93. The van der Waals surface area contributed by atoms with Gasteiger partial charge < -0.3 is 33.8 Å². The van der Waals surface area contributed by atoms with E-state index in [4.69, 9.17) is 37.0 Å². The molecule has 0 aliphatic heterocycles. The summed E-state index contributed by atoms with van der Waals surface area (Å²) < 4.78 is 68.8. The molecule has 0 heterocycles. The Morgan fingerprint density at radius 1 is 0.272 bits per heavy atom. The monoisotopic (exact) mass is 1510 g/mol. The predicted octanol–water partition coefficient (Wildman–Crippen LogP) is 25.2. The molecule has 0 saturated carbocycles. The van der Waals surface area contributed by atoms with Crippen LogP contribution in [0.1, 0.15) is 434 Å². The first-order chi connectivity index (χ1) is 49.7. The number of carbonyl (C=O) groups excluding carboxylic acids is 4. The zero-order valence-electron chi connectivity index (χ0n) is 68.0. The normalized spacial score (nSPS) is 14.5. The maximum atomic E-state index is 13.1. The number of phosphoric ester groups is 2. The van der Waals surface area contributed by atoms with Crippen molar-refractivity contribution in [1.29, 1.82) is 0 Å². The van der Waals surface area contributed by atoms with Crippen LogP contribution < -0.4 is 0 Å². The Bertz CT molecular complexity index is 2010. The van der Waals surface area contributed by atoms with Gasteiger partial charge >= 0.3 is 39.5 Å². The lowest BCUT2D eigenvalue weighted by atomic mass is 9.99. The molecule has 0 saturated heterocycles. The molecule has 3 N–H and O–H groups in total. The van der Waals surface area contributed by atoms with Gasteiger partial charge in [-0.2, -0.15) is 0 Å². The molecule has 0 amide bonds. The van der Waals surface area contributed by atoms with E-state index in [0.717, 1.165) is 120 Å². The molecule has 7 atom stereocenters. The largest absolute Gasteiger partial charge is 0.472 e. The Morgan fingerprint density at radius 3 is 0.689 bits per heavy atom. The van der Waals surface area contributed by atoms with Crippen molar-refractivity contribution in [3.05, 3.63) is 0 Å². The Balaban J connectivity index is 5.25. The van der Waals surface area contributed by atoms with E-state index in [1.807, 2.05) is 0 Å². The Hall–Kier alpha value is -1.94. The van der Waals surface area contributed by atoms with Gasteiger partial charge in [-0.1, -0.05) is 383 Å². The van der Waals surface area contributed by atoms with Crippen molar-refractivity contribution in [3.8, 4) is 0 Å². The summed E-state index contributed by atoms with van der Waals surface area (Å²) in [6, 6.07) is 0. The third kappa shape index (κ3) is 75.3. The lowest BCUT2D eigenvalue weighted by Crippen LogP contribution is -2.30. The van der Waals surface area contributed by atoms with E-state index >= 15 is 0 Å². The topological polar surface area (TPSA) is 237 Å². The van der Waals surface area contributed by atoms with Crippen molar-refractivity contribution < 1.29 is 80.2 Å². The first-order valence-corrected chi connectivity index (χ1v) is 46.3. The summed E-state index contributed by atoms with van der Waals surface area (Å²) >= 11 is 0. The second-order valence-electron chi connectivity index (χ2n) is 31.7. The van der Waals surface area contributed by atoms with E-state index in [-0.39, 0.29) is 25.7 Å². The van der Waals surface area contributed by atoms with Gasteiger partial charge in [-0.3, -0.25) is 37.3 Å². The number of carbonyl (C=O) groups is 4. The first-order valence-electron chi connectivity index (χ1n) is 43.3. The van der Waals surface area contributed by atoms with E-state index in [0.29, 0.717) is 25.7 Å². The molecule has 0 bridgehead atoms. The Labute approximate surface area is 632 Å². The highest BCUT2D eigenvalue weighted by Crippen LogP contribution is 2.45. The van der Waals surface area contributed by atoms with Crippen LogP contribution in [0.5, 0.6) is 0 Å². The second kappa shape index (κ2) is 72.9. The average Bonchev–Trinajstić information content (AvgIpc) is 0.909. The number of phosphoric acid groups is 2. The number of hydrogen-bond acceptors (Lipinski definition) is 15. The fourth-order valence-electron chi connectivity index (χ4n) is 12.9. The number of esters is 4. The van der Waals surface area contributed by atoms with Gasteiger partial charge in [0.25, 0.3) is 0 Å². The average molecular weight is 1510 g/mol. The summed E-state index contributed by atoms with van der Waals surface area (Å²) in [5.74, 6) is 1.07. The lowest BCUT2D eigenvalue weighted by molar-refractivity contribution is -0.161. The first kappa shape index (κ1) is 101. The Kier molecular flexibility index (Phi) is 71.5. The molecule has 0 spiro atoms. The minimum Gasteiger partial charge on any atom is -0.462 e. The van der Waals surface area contributed by atoms with Crippen LogP contribution in [0.2, 0.25) is 0 Å². The Morgan fingerprint density at radius 2 is 0.466 bits per heavy atom. The van der Waals surface area contributed by atoms with Gasteiger partial charge in [0.2, 0.25) is 0 Å². The van der Waals surface area contributed by atoms with Crippen molar-refractivity contribution in [2.75, 3.05) is 39.6 Å². The van der Waals surface area contributed by atoms with E-state index in [1.165, 1.54) is 231 Å². The quantitative estimate of drug-likeness (QED) is 0.0222. The fourth-order valence-corrected chi connectivity index (χ4v) is 14.5. The third-order valence-corrected chi connectivity index (χ3v) is 22.2. The molecule has 0 aromatic carbocycles. The van der Waals surface area contributed by atoms with Crippen LogP contribution in [0, 0.1) is 23.7 Å². The number of unbranched alkanes of at least 4 members (excludes halogenated alkanes) is 45. The van der Waals surface area contributed by atoms with Gasteiger partial charge in [0.05, 0.1) is 26.4 Å². The summed E-state index contributed by atoms with van der Waals surface area (Å²) in [5, 5.41) is 10.7. The van der Waals surface area contributed by atoms with Crippen molar-refractivity contribution in [2.24, 2.45) is 23.7 Å². The molecule has 612 valence electrons. The van der Waals surface area contributed by atoms with Crippen LogP contribution in [0.3, 0.4) is 0 Å². The van der Waals surface area contributed by atoms with Crippen molar-refractivity contribution in [3.63, 3.8) is 0 Å². The SMILES string of the molecule is CCC(C)CCCCCCCCCCCCCCCCC(=O)O[C@H](COC(=O)CCCCCCCCC(C)CC)COP(=O)(O)OC[C@H](O)COP(=O)(O)OC[C@@H](COC(=O)CCCCCCCCCCCCCCCCC(C)C)OC(=O)CCCCCCCCCCCCCCCCCC(C)C. The van der Waals surface area contributed by atoms with Crippen molar-refractivity contribution >= 4 is 39.5 Å². The van der Waals surface area contributed by atoms with Gasteiger partial charge in [0.1, 0.15) is 19.3 Å². The van der Waals surface area contributed by atoms with Crippen LogP contribution >= 0.6 is 15.6 Å². The van der Waals surface area contributed by atoms with Crippen LogP contribution in [0.4, 0.5) is 0 Å². The van der Waals surface area contributed by atoms with E-state index < -0.39 is 97.5 Å². The highest BCUT2D eigenvalue weighted by molar-refractivity contribution is 7.47. The highest BCUT2D eigenvalue weighted by atomic mass is 31.2. The molecule has 0 aliphatic rings. The van der Waals surface area contributed by atoms with Gasteiger partial charge in [-0.15, -0.1) is 0 Å². The molecule has 0 aliphatic carbocycles. The lowest BCUT2D eigenvalue weighted by Gasteiger charge is -2.21. The maximum Gasteiger partial charge on any atom is 0.472 e. The molecule has 0 fully saturated rings. The van der Waals surface area contributed by atoms with Crippen LogP contribution in [0.15, 0.2) is 0 Å². The molecule has 0 radical (unpaired) electrons. The predicted molar refractivity (Wildman–Crippen MR) is 423 cm³/mol. The van der Waals surface area contributed by atoms with Crippen molar-refractivity contribution in [2.45, 2.75) is 453 Å². The van der Waals surface area contributed by atoms with Gasteiger partial charge in [-0.25, -0.2) is 9.13 Å². The second-order valence-corrected chi connectivity index (χ2v) is 34.6. The van der Waals surface area contributed by atoms with Gasteiger partial charge in [0, 0.05) is 25.7 Å². The number of aliphatic hydroxyl groups excluding tert-OH is 1. The van der Waals surface area contributed by atoms with Gasteiger partial charge in [0.15, 0.2) is 12.2 Å². The molecule has 19 heteroatoms. The summed E-state index contributed by atoms with van der Waals surface area (Å²) in [4.78, 5) is 73.2. The summed E-state index contributed by atoms with van der Waals surface area (Å²) in [5.41, 5.74) is 0. The molecule has 103 heavy (non-hydrogen) atoms. The van der Waals surface area contributed by atoms with Crippen molar-refractivity contribution in [1.82, 2.24) is 0 Å². The van der Waals surface area contributed by atoms with E-state index in [2.05, 4.69) is 55.4 Å². The zero-order valence-corrected chi connectivity index (χ0v) is 69.7. The molecule has 0 aromatic rings. The summed E-state index contributed by atoms with van der Waals surface area (Å²) in [6.07, 6.45) is 61.0. The minimum absolute atomic E-state index is 0.107.